The third kappa shape index (κ3) is 3.46. The van der Waals surface area contributed by atoms with Crippen LogP contribution in [0.5, 0.6) is 0 Å². The smallest absolute Gasteiger partial charge is 0.254 e. The second-order valence-electron chi connectivity index (χ2n) is 6.68. The standard InChI is InChI=1S/C18H26N2O/c1-13-3-4-16(11-14(13)2)18(21)20(17-5-6-17)12-15-7-9-19-10-8-15/h3-4,11,15,17,19H,5-10,12H2,1-2H3. The predicted molar refractivity (Wildman–Crippen MR) is 85.6 cm³/mol. The number of aryl methyl sites for hydroxylation is 2. The lowest BCUT2D eigenvalue weighted by atomic mass is 9.97. The fraction of sp³-hybridized carbons (Fsp3) is 0.611. The van der Waals surface area contributed by atoms with Crippen LogP contribution in [0.1, 0.15) is 47.2 Å². The average Bonchev–Trinajstić information content (AvgIpc) is 3.33. The molecule has 1 N–H and O–H groups in total. The zero-order chi connectivity index (χ0) is 14.8. The van der Waals surface area contributed by atoms with Gasteiger partial charge in [-0.25, -0.2) is 0 Å². The lowest BCUT2D eigenvalue weighted by Gasteiger charge is -2.30. The van der Waals surface area contributed by atoms with E-state index in [1.165, 1.54) is 36.8 Å². The van der Waals surface area contributed by atoms with E-state index in [2.05, 4.69) is 36.2 Å². The maximum Gasteiger partial charge on any atom is 0.254 e. The van der Waals surface area contributed by atoms with Gasteiger partial charge in [-0.05, 0) is 81.8 Å². The molecule has 114 valence electrons. The third-order valence-electron chi connectivity index (χ3n) is 4.92. The highest BCUT2D eigenvalue weighted by Gasteiger charge is 2.34. The van der Waals surface area contributed by atoms with Crippen LogP contribution < -0.4 is 5.32 Å². The van der Waals surface area contributed by atoms with Crippen LogP contribution in [0.4, 0.5) is 0 Å². The van der Waals surface area contributed by atoms with Crippen molar-refractivity contribution < 1.29 is 4.79 Å². The van der Waals surface area contributed by atoms with Crippen LogP contribution in [0.25, 0.3) is 0 Å². The van der Waals surface area contributed by atoms with Gasteiger partial charge in [-0.3, -0.25) is 4.79 Å². The molecule has 1 heterocycles. The van der Waals surface area contributed by atoms with Crippen molar-refractivity contribution in [3.63, 3.8) is 0 Å². The van der Waals surface area contributed by atoms with Crippen LogP contribution in [0.2, 0.25) is 0 Å². The summed E-state index contributed by atoms with van der Waals surface area (Å²) in [5, 5.41) is 3.40. The topological polar surface area (TPSA) is 32.3 Å². The first-order chi connectivity index (χ1) is 10.1. The lowest BCUT2D eigenvalue weighted by molar-refractivity contribution is 0.0701. The van der Waals surface area contributed by atoms with Crippen molar-refractivity contribution in [2.45, 2.75) is 45.6 Å². The zero-order valence-corrected chi connectivity index (χ0v) is 13.2. The molecule has 0 spiro atoms. The van der Waals surface area contributed by atoms with E-state index < -0.39 is 0 Å². The van der Waals surface area contributed by atoms with Crippen LogP contribution in [0.3, 0.4) is 0 Å². The van der Waals surface area contributed by atoms with Crippen molar-refractivity contribution in [2.75, 3.05) is 19.6 Å². The minimum Gasteiger partial charge on any atom is -0.335 e. The molecule has 0 radical (unpaired) electrons. The third-order valence-corrected chi connectivity index (χ3v) is 4.92. The molecular formula is C18H26N2O. The summed E-state index contributed by atoms with van der Waals surface area (Å²) in [5.41, 5.74) is 3.32. The van der Waals surface area contributed by atoms with Gasteiger partial charge in [-0.1, -0.05) is 6.07 Å². The van der Waals surface area contributed by atoms with Crippen molar-refractivity contribution in [2.24, 2.45) is 5.92 Å². The molecule has 0 aromatic heterocycles. The first kappa shape index (κ1) is 14.6. The minimum atomic E-state index is 0.235. The normalized spacial score (nSPS) is 19.5. The van der Waals surface area contributed by atoms with Crippen LogP contribution in [-0.4, -0.2) is 36.5 Å². The number of hydrogen-bond donors (Lipinski definition) is 1. The van der Waals surface area contributed by atoms with Gasteiger partial charge >= 0.3 is 0 Å². The van der Waals surface area contributed by atoms with Gasteiger partial charge in [0.2, 0.25) is 0 Å². The number of benzene rings is 1. The summed E-state index contributed by atoms with van der Waals surface area (Å²) in [6, 6.07) is 6.60. The summed E-state index contributed by atoms with van der Waals surface area (Å²) < 4.78 is 0. The number of nitrogens with zero attached hydrogens (tertiary/aromatic N) is 1. The Balaban J connectivity index is 1.73. The Labute approximate surface area is 127 Å². The number of piperidine rings is 1. The van der Waals surface area contributed by atoms with Gasteiger partial charge in [0.15, 0.2) is 0 Å². The molecule has 3 heteroatoms. The van der Waals surface area contributed by atoms with Gasteiger partial charge in [0.1, 0.15) is 0 Å². The Kier molecular flexibility index (Phi) is 4.29. The fourth-order valence-electron chi connectivity index (χ4n) is 3.17. The first-order valence-corrected chi connectivity index (χ1v) is 8.24. The quantitative estimate of drug-likeness (QED) is 0.923. The van der Waals surface area contributed by atoms with E-state index in [0.29, 0.717) is 12.0 Å². The summed E-state index contributed by atoms with van der Waals surface area (Å²) in [6.07, 6.45) is 4.76. The van der Waals surface area contributed by atoms with Crippen molar-refractivity contribution in [1.82, 2.24) is 10.2 Å². The molecule has 0 atom stereocenters. The van der Waals surface area contributed by atoms with Crippen LogP contribution >= 0.6 is 0 Å². The second kappa shape index (κ2) is 6.18. The zero-order valence-electron chi connectivity index (χ0n) is 13.2. The highest BCUT2D eigenvalue weighted by Crippen LogP contribution is 2.30. The summed E-state index contributed by atoms with van der Waals surface area (Å²) in [7, 11) is 0. The molecule has 1 amide bonds. The number of hydrogen-bond acceptors (Lipinski definition) is 2. The Bertz CT molecular complexity index is 516. The molecule has 1 aromatic rings. The fourth-order valence-corrected chi connectivity index (χ4v) is 3.17. The molecule has 2 aliphatic rings. The lowest BCUT2D eigenvalue weighted by Crippen LogP contribution is -2.40. The Morgan fingerprint density at radius 1 is 1.14 bits per heavy atom. The van der Waals surface area contributed by atoms with E-state index >= 15 is 0 Å². The average molecular weight is 286 g/mol. The predicted octanol–water partition coefficient (Wildman–Crippen LogP) is 2.91. The number of nitrogens with one attached hydrogen (secondary N) is 1. The molecule has 0 bridgehead atoms. The molecule has 1 saturated heterocycles. The highest BCUT2D eigenvalue weighted by molar-refractivity contribution is 5.95. The van der Waals surface area contributed by atoms with Gasteiger partial charge in [0.05, 0.1) is 0 Å². The first-order valence-electron chi connectivity index (χ1n) is 8.24. The maximum atomic E-state index is 12.9. The molecule has 3 rings (SSSR count). The van der Waals surface area contributed by atoms with Crippen LogP contribution in [-0.2, 0) is 0 Å². The van der Waals surface area contributed by atoms with E-state index in [9.17, 15) is 4.79 Å². The highest BCUT2D eigenvalue weighted by atomic mass is 16.2. The maximum absolute atomic E-state index is 12.9. The minimum absolute atomic E-state index is 0.235. The summed E-state index contributed by atoms with van der Waals surface area (Å²) in [5.74, 6) is 0.904. The summed E-state index contributed by atoms with van der Waals surface area (Å²) in [6.45, 7) is 7.32. The Morgan fingerprint density at radius 3 is 2.48 bits per heavy atom. The molecule has 1 saturated carbocycles. The SMILES string of the molecule is Cc1ccc(C(=O)N(CC2CCNCC2)C2CC2)cc1C. The van der Waals surface area contributed by atoms with Gasteiger partial charge in [-0.15, -0.1) is 0 Å². The monoisotopic (exact) mass is 286 g/mol. The van der Waals surface area contributed by atoms with E-state index in [4.69, 9.17) is 0 Å². The van der Waals surface area contributed by atoms with Crippen molar-refractivity contribution >= 4 is 5.91 Å². The molecule has 1 aliphatic carbocycles. The number of rotatable bonds is 4. The molecule has 21 heavy (non-hydrogen) atoms. The molecule has 2 fully saturated rings. The van der Waals surface area contributed by atoms with Crippen LogP contribution in [0, 0.1) is 19.8 Å². The van der Waals surface area contributed by atoms with E-state index in [1.54, 1.807) is 0 Å². The second-order valence-corrected chi connectivity index (χ2v) is 6.68. The van der Waals surface area contributed by atoms with E-state index in [0.717, 1.165) is 25.2 Å². The number of amides is 1. The molecule has 1 aliphatic heterocycles. The molecule has 0 unspecified atom stereocenters. The number of carbonyl (C=O) groups is 1. The summed E-state index contributed by atoms with van der Waals surface area (Å²) in [4.78, 5) is 15.0. The molecular weight excluding hydrogens is 260 g/mol. The van der Waals surface area contributed by atoms with Crippen molar-refractivity contribution in [1.29, 1.82) is 0 Å². The Hall–Kier alpha value is -1.35. The van der Waals surface area contributed by atoms with Gasteiger partial charge < -0.3 is 10.2 Å². The number of carbonyl (C=O) groups excluding carboxylic acids is 1. The van der Waals surface area contributed by atoms with Gasteiger partial charge in [-0.2, -0.15) is 0 Å². The van der Waals surface area contributed by atoms with Gasteiger partial charge in [0.25, 0.3) is 5.91 Å². The van der Waals surface area contributed by atoms with Gasteiger partial charge in [0, 0.05) is 18.2 Å². The molecule has 3 nitrogen and oxygen atoms in total. The van der Waals surface area contributed by atoms with E-state index in [-0.39, 0.29) is 5.91 Å². The van der Waals surface area contributed by atoms with Crippen molar-refractivity contribution in [3.8, 4) is 0 Å². The van der Waals surface area contributed by atoms with Crippen LogP contribution in [0.15, 0.2) is 18.2 Å². The molecule has 1 aromatic carbocycles. The van der Waals surface area contributed by atoms with Crippen molar-refractivity contribution in [3.05, 3.63) is 34.9 Å². The Morgan fingerprint density at radius 2 is 1.86 bits per heavy atom. The van der Waals surface area contributed by atoms with E-state index in [1.807, 2.05) is 6.07 Å². The summed E-state index contributed by atoms with van der Waals surface area (Å²) >= 11 is 0. The largest absolute Gasteiger partial charge is 0.335 e.